The van der Waals surface area contributed by atoms with Crippen LogP contribution < -0.4 is 10.6 Å². The number of urea groups is 1. The summed E-state index contributed by atoms with van der Waals surface area (Å²) >= 11 is 6.18. The van der Waals surface area contributed by atoms with Gasteiger partial charge in [0.25, 0.3) is 0 Å². The summed E-state index contributed by atoms with van der Waals surface area (Å²) in [4.78, 5) is 11.1. The minimum Gasteiger partial charge on any atom is -0.332 e. The van der Waals surface area contributed by atoms with Crippen molar-refractivity contribution in [1.29, 1.82) is 0 Å². The lowest BCUT2D eigenvalue weighted by Gasteiger charge is -2.15. The molecule has 0 radical (unpaired) electrons. The van der Waals surface area contributed by atoms with E-state index in [9.17, 15) is 4.79 Å². The van der Waals surface area contributed by atoms with Gasteiger partial charge in [0.15, 0.2) is 0 Å². The SMILES string of the molecule is O=C1N[C@@H]2[C@@H](CS[C@@H]2CCCCS)N1. The molecule has 2 heterocycles. The molecule has 80 valence electrons. The number of fused-ring (bicyclic) bond motifs is 1. The second-order valence-corrected chi connectivity index (χ2v) is 5.56. The molecule has 2 N–H and O–H groups in total. The Hall–Kier alpha value is -0.0300. The van der Waals surface area contributed by atoms with E-state index in [4.69, 9.17) is 0 Å². The molecule has 0 aromatic heterocycles. The Morgan fingerprint density at radius 3 is 3.07 bits per heavy atom. The van der Waals surface area contributed by atoms with E-state index in [2.05, 4.69) is 23.3 Å². The second kappa shape index (κ2) is 4.66. The molecule has 5 heteroatoms. The van der Waals surface area contributed by atoms with Gasteiger partial charge in [0, 0.05) is 11.0 Å². The number of thioether (sulfide) groups is 1. The van der Waals surface area contributed by atoms with E-state index < -0.39 is 0 Å². The second-order valence-electron chi connectivity index (χ2n) is 3.84. The molecular formula is C9H16N2OS2. The van der Waals surface area contributed by atoms with Crippen LogP contribution in [0.1, 0.15) is 19.3 Å². The first kappa shape index (κ1) is 10.5. The van der Waals surface area contributed by atoms with Crippen LogP contribution in [0.15, 0.2) is 0 Å². The fourth-order valence-electron chi connectivity index (χ4n) is 2.10. The van der Waals surface area contributed by atoms with Crippen LogP contribution in [0.5, 0.6) is 0 Å². The molecule has 0 unspecified atom stereocenters. The third-order valence-corrected chi connectivity index (χ3v) is 4.66. The normalized spacial score (nSPS) is 35.2. The van der Waals surface area contributed by atoms with Crippen LogP contribution in [-0.4, -0.2) is 34.9 Å². The van der Waals surface area contributed by atoms with Crippen LogP contribution in [0, 0.1) is 0 Å². The van der Waals surface area contributed by atoms with Gasteiger partial charge in [-0.15, -0.1) is 0 Å². The first-order valence-corrected chi connectivity index (χ1v) is 6.79. The van der Waals surface area contributed by atoms with Crippen molar-refractivity contribution in [3.8, 4) is 0 Å². The van der Waals surface area contributed by atoms with Crippen molar-refractivity contribution < 1.29 is 4.79 Å². The van der Waals surface area contributed by atoms with Gasteiger partial charge in [0.1, 0.15) is 0 Å². The molecule has 0 bridgehead atoms. The van der Waals surface area contributed by atoms with Crippen molar-refractivity contribution in [2.75, 3.05) is 11.5 Å². The van der Waals surface area contributed by atoms with Gasteiger partial charge >= 0.3 is 6.03 Å². The average Bonchev–Trinajstić information content (AvgIpc) is 2.66. The van der Waals surface area contributed by atoms with Crippen LogP contribution in [0.4, 0.5) is 4.79 Å². The molecule has 2 saturated heterocycles. The van der Waals surface area contributed by atoms with Gasteiger partial charge in [0.05, 0.1) is 12.1 Å². The molecule has 2 rings (SSSR count). The highest BCUT2D eigenvalue weighted by Crippen LogP contribution is 2.32. The summed E-state index contributed by atoms with van der Waals surface area (Å²) in [6.07, 6.45) is 3.60. The predicted octanol–water partition coefficient (Wildman–Crippen LogP) is 1.25. The zero-order chi connectivity index (χ0) is 9.97. The number of thiol groups is 1. The lowest BCUT2D eigenvalue weighted by molar-refractivity contribution is 0.247. The molecule has 0 aromatic carbocycles. The van der Waals surface area contributed by atoms with Gasteiger partial charge < -0.3 is 10.6 Å². The molecule has 0 spiro atoms. The Morgan fingerprint density at radius 1 is 1.43 bits per heavy atom. The minimum atomic E-state index is 0.0134. The molecule has 0 saturated carbocycles. The first-order valence-electron chi connectivity index (χ1n) is 5.11. The summed E-state index contributed by atoms with van der Waals surface area (Å²) in [6.45, 7) is 0. The molecule has 2 fully saturated rings. The lowest BCUT2D eigenvalue weighted by atomic mass is 10.0. The highest BCUT2D eigenvalue weighted by atomic mass is 32.2. The summed E-state index contributed by atoms with van der Waals surface area (Å²) in [6, 6.07) is 0.750. The molecule has 3 atom stereocenters. The van der Waals surface area contributed by atoms with Crippen molar-refractivity contribution in [3.05, 3.63) is 0 Å². The predicted molar refractivity (Wildman–Crippen MR) is 63.2 cm³/mol. The van der Waals surface area contributed by atoms with E-state index in [1.807, 2.05) is 11.8 Å². The molecule has 0 aromatic rings. The number of carbonyl (C=O) groups excluding carboxylic acids is 1. The summed E-state index contributed by atoms with van der Waals surface area (Å²) < 4.78 is 0. The van der Waals surface area contributed by atoms with Crippen LogP contribution in [0.3, 0.4) is 0 Å². The number of hydrogen-bond donors (Lipinski definition) is 3. The number of hydrogen-bond acceptors (Lipinski definition) is 3. The van der Waals surface area contributed by atoms with Crippen molar-refractivity contribution in [1.82, 2.24) is 10.6 Å². The van der Waals surface area contributed by atoms with Gasteiger partial charge in [-0.1, -0.05) is 6.42 Å². The molecule has 2 aliphatic rings. The maximum atomic E-state index is 11.1. The monoisotopic (exact) mass is 232 g/mol. The number of rotatable bonds is 4. The number of amides is 2. The summed E-state index contributed by atoms with van der Waals surface area (Å²) in [7, 11) is 0. The van der Waals surface area contributed by atoms with Crippen molar-refractivity contribution in [2.45, 2.75) is 36.6 Å². The maximum Gasteiger partial charge on any atom is 0.315 e. The van der Waals surface area contributed by atoms with Crippen LogP contribution >= 0.6 is 24.4 Å². The van der Waals surface area contributed by atoms with Crippen LogP contribution in [-0.2, 0) is 0 Å². The fourth-order valence-corrected chi connectivity index (χ4v) is 3.87. The van der Waals surface area contributed by atoms with Gasteiger partial charge in [-0.05, 0) is 18.6 Å². The van der Waals surface area contributed by atoms with E-state index >= 15 is 0 Å². The number of carbonyl (C=O) groups is 1. The highest BCUT2D eigenvalue weighted by molar-refractivity contribution is 8.00. The van der Waals surface area contributed by atoms with Gasteiger partial charge in [-0.25, -0.2) is 4.79 Å². The summed E-state index contributed by atoms with van der Waals surface area (Å²) in [5, 5.41) is 6.56. The van der Waals surface area contributed by atoms with Gasteiger partial charge in [-0.3, -0.25) is 0 Å². The summed E-state index contributed by atoms with van der Waals surface area (Å²) in [5.74, 6) is 2.03. The Balaban J connectivity index is 1.80. The first-order chi connectivity index (χ1) is 6.81. The van der Waals surface area contributed by atoms with E-state index in [1.165, 1.54) is 19.3 Å². The van der Waals surface area contributed by atoms with E-state index in [-0.39, 0.29) is 6.03 Å². The molecule has 2 amide bonds. The third-order valence-electron chi connectivity index (χ3n) is 2.83. The molecule has 14 heavy (non-hydrogen) atoms. The lowest BCUT2D eigenvalue weighted by Crippen LogP contribution is -2.36. The molecule has 0 aliphatic carbocycles. The van der Waals surface area contributed by atoms with Crippen molar-refractivity contribution >= 4 is 30.4 Å². The number of nitrogens with one attached hydrogen (secondary N) is 2. The largest absolute Gasteiger partial charge is 0.332 e. The standard InChI is InChI=1S/C9H16N2OS2/c12-9-10-6-5-14-7(8(6)11-9)3-1-2-4-13/h6-8,13H,1-5H2,(H2,10,11,12)/t6-,7-,8-/m1/s1. The highest BCUT2D eigenvalue weighted by Gasteiger charge is 2.42. The fraction of sp³-hybridized carbons (Fsp3) is 0.889. The minimum absolute atomic E-state index is 0.0134. The smallest absolute Gasteiger partial charge is 0.315 e. The topological polar surface area (TPSA) is 41.1 Å². The molecule has 3 nitrogen and oxygen atoms in total. The Labute approximate surface area is 94.2 Å². The van der Waals surface area contributed by atoms with E-state index in [0.717, 1.165) is 11.5 Å². The molecule has 2 aliphatic heterocycles. The Morgan fingerprint density at radius 2 is 2.29 bits per heavy atom. The van der Waals surface area contributed by atoms with Crippen molar-refractivity contribution in [2.24, 2.45) is 0 Å². The van der Waals surface area contributed by atoms with E-state index in [0.29, 0.717) is 17.3 Å². The quantitative estimate of drug-likeness (QED) is 0.388. The van der Waals surface area contributed by atoms with Gasteiger partial charge in [-0.2, -0.15) is 24.4 Å². The zero-order valence-electron chi connectivity index (χ0n) is 8.03. The molecular weight excluding hydrogens is 216 g/mol. The number of unbranched alkanes of at least 4 members (excludes halogenated alkanes) is 1. The zero-order valence-corrected chi connectivity index (χ0v) is 9.74. The maximum absolute atomic E-state index is 11.1. The van der Waals surface area contributed by atoms with Crippen LogP contribution in [0.2, 0.25) is 0 Å². The third kappa shape index (κ3) is 2.14. The Bertz CT molecular complexity index is 225. The van der Waals surface area contributed by atoms with Crippen molar-refractivity contribution in [3.63, 3.8) is 0 Å². The Kier molecular flexibility index (Phi) is 3.49. The average molecular weight is 232 g/mol. The van der Waals surface area contributed by atoms with Gasteiger partial charge in [0.2, 0.25) is 0 Å². The van der Waals surface area contributed by atoms with E-state index in [1.54, 1.807) is 0 Å². The summed E-state index contributed by atoms with van der Waals surface area (Å²) in [5.41, 5.74) is 0. The van der Waals surface area contributed by atoms with Crippen LogP contribution in [0.25, 0.3) is 0 Å².